The highest BCUT2D eigenvalue weighted by Gasteiger charge is 2.12. The first-order valence-electron chi connectivity index (χ1n) is 5.01. The van der Waals surface area contributed by atoms with E-state index in [1.807, 2.05) is 0 Å². The molecule has 1 aromatic rings. The fourth-order valence-electron chi connectivity index (χ4n) is 1.18. The Morgan fingerprint density at radius 3 is 2.75 bits per heavy atom. The minimum absolute atomic E-state index is 0.0741. The van der Waals surface area contributed by atoms with Gasteiger partial charge >= 0.3 is 5.97 Å². The molecule has 0 radical (unpaired) electrons. The Labute approximate surface area is 93.5 Å². The van der Waals surface area contributed by atoms with Crippen LogP contribution in [-0.4, -0.2) is 29.4 Å². The smallest absolute Gasteiger partial charge is 0.341 e. The zero-order chi connectivity index (χ0) is 12.0. The van der Waals surface area contributed by atoms with Gasteiger partial charge in [-0.1, -0.05) is 0 Å². The van der Waals surface area contributed by atoms with Crippen molar-refractivity contribution in [2.24, 2.45) is 0 Å². The van der Waals surface area contributed by atoms with Crippen LogP contribution in [0.25, 0.3) is 0 Å². The second kappa shape index (κ2) is 5.97. The highest BCUT2D eigenvalue weighted by atomic mass is 16.5. The number of aliphatic hydroxyl groups excluding tert-OH is 1. The molecule has 0 aliphatic heterocycles. The van der Waals surface area contributed by atoms with Gasteiger partial charge in [0.2, 0.25) is 0 Å². The number of aliphatic hydroxyl groups is 1. The fraction of sp³-hybridized carbons (Fsp3) is 0.364. The lowest BCUT2D eigenvalue weighted by molar-refractivity contribution is 0.0489. The molecule has 0 unspecified atom stereocenters. The first-order valence-corrected chi connectivity index (χ1v) is 5.01. The Balaban J connectivity index is 2.53. The third kappa shape index (κ3) is 3.43. The highest BCUT2D eigenvalue weighted by molar-refractivity contribution is 5.92. The molecule has 0 saturated heterocycles. The van der Waals surface area contributed by atoms with Gasteiger partial charge in [0.05, 0.1) is 6.61 Å². The number of unbranched alkanes of at least 4 members (excludes halogenated alkanes) is 1. The zero-order valence-corrected chi connectivity index (χ0v) is 8.85. The second-order valence-corrected chi connectivity index (χ2v) is 3.34. The Kier molecular flexibility index (Phi) is 4.60. The van der Waals surface area contributed by atoms with Crippen molar-refractivity contribution in [2.45, 2.75) is 12.8 Å². The van der Waals surface area contributed by atoms with Crippen molar-refractivity contribution in [3.8, 4) is 5.75 Å². The molecular formula is C11H15NO4. The van der Waals surface area contributed by atoms with Gasteiger partial charge in [0.15, 0.2) is 0 Å². The van der Waals surface area contributed by atoms with E-state index in [1.165, 1.54) is 18.2 Å². The number of phenolic OH excluding ortho intramolecular Hbond substituents is 1. The summed E-state index contributed by atoms with van der Waals surface area (Å²) in [6.07, 6.45) is 1.18. The molecule has 88 valence electrons. The summed E-state index contributed by atoms with van der Waals surface area (Å²) in [6.45, 7) is 0.299. The number of carbonyl (C=O) groups excluding carboxylic acids is 1. The summed E-state index contributed by atoms with van der Waals surface area (Å²) >= 11 is 0. The summed E-state index contributed by atoms with van der Waals surface area (Å²) < 4.78 is 4.90. The van der Waals surface area contributed by atoms with Crippen LogP contribution in [0.2, 0.25) is 0 Å². The molecular weight excluding hydrogens is 210 g/mol. The van der Waals surface area contributed by atoms with Crippen molar-refractivity contribution in [2.75, 3.05) is 18.9 Å². The number of hydrogen-bond donors (Lipinski definition) is 3. The molecule has 0 saturated carbocycles. The van der Waals surface area contributed by atoms with Gasteiger partial charge in [-0.05, 0) is 25.0 Å². The lowest BCUT2D eigenvalue weighted by Crippen LogP contribution is -2.07. The molecule has 5 nitrogen and oxygen atoms in total. The Bertz CT molecular complexity index is 365. The number of esters is 1. The summed E-state index contributed by atoms with van der Waals surface area (Å²) in [5.41, 5.74) is 5.91. The van der Waals surface area contributed by atoms with E-state index in [0.717, 1.165) is 0 Å². The number of hydrogen-bond acceptors (Lipinski definition) is 5. The van der Waals surface area contributed by atoms with Gasteiger partial charge < -0.3 is 20.7 Å². The molecule has 0 aromatic heterocycles. The normalized spacial score (nSPS) is 10.1. The molecule has 0 fully saturated rings. The van der Waals surface area contributed by atoms with E-state index in [1.54, 1.807) is 0 Å². The van der Waals surface area contributed by atoms with Crippen molar-refractivity contribution in [3.63, 3.8) is 0 Å². The topological polar surface area (TPSA) is 92.8 Å². The average Bonchev–Trinajstić information content (AvgIpc) is 2.24. The predicted molar refractivity (Wildman–Crippen MR) is 59.1 cm³/mol. The van der Waals surface area contributed by atoms with Crippen LogP contribution in [0.5, 0.6) is 5.75 Å². The number of phenols is 1. The van der Waals surface area contributed by atoms with Crippen LogP contribution < -0.4 is 5.73 Å². The molecule has 0 aliphatic carbocycles. The van der Waals surface area contributed by atoms with Gasteiger partial charge in [-0.3, -0.25) is 0 Å². The van der Waals surface area contributed by atoms with Crippen molar-refractivity contribution >= 4 is 11.7 Å². The van der Waals surface area contributed by atoms with E-state index in [9.17, 15) is 9.90 Å². The first kappa shape index (κ1) is 12.3. The summed E-state index contributed by atoms with van der Waals surface area (Å²) in [5.74, 6) is -0.775. The minimum Gasteiger partial charge on any atom is -0.507 e. The average molecular weight is 225 g/mol. The summed E-state index contributed by atoms with van der Waals surface area (Å²) in [7, 11) is 0. The van der Waals surface area contributed by atoms with Gasteiger partial charge in [-0.15, -0.1) is 0 Å². The van der Waals surface area contributed by atoms with Crippen LogP contribution in [0.1, 0.15) is 23.2 Å². The monoisotopic (exact) mass is 225 g/mol. The molecule has 5 heteroatoms. The number of nitrogens with two attached hydrogens (primary N) is 1. The fourth-order valence-corrected chi connectivity index (χ4v) is 1.18. The zero-order valence-electron chi connectivity index (χ0n) is 8.85. The third-order valence-electron chi connectivity index (χ3n) is 2.03. The maximum Gasteiger partial charge on any atom is 0.341 e. The van der Waals surface area contributed by atoms with Crippen molar-refractivity contribution in [1.82, 2.24) is 0 Å². The number of nitrogen functional groups attached to an aromatic ring is 1. The second-order valence-electron chi connectivity index (χ2n) is 3.34. The lowest BCUT2D eigenvalue weighted by Gasteiger charge is -2.06. The third-order valence-corrected chi connectivity index (χ3v) is 2.03. The quantitative estimate of drug-likeness (QED) is 0.393. The molecule has 0 atom stereocenters. The SMILES string of the molecule is Nc1ccc(C(=O)OCCCCO)c(O)c1. The summed E-state index contributed by atoms with van der Waals surface area (Å²) in [6, 6.07) is 4.23. The van der Waals surface area contributed by atoms with E-state index in [0.29, 0.717) is 18.5 Å². The maximum absolute atomic E-state index is 11.5. The van der Waals surface area contributed by atoms with Gasteiger partial charge in [0, 0.05) is 18.4 Å². The van der Waals surface area contributed by atoms with E-state index in [4.69, 9.17) is 15.6 Å². The lowest BCUT2D eigenvalue weighted by atomic mass is 10.2. The summed E-state index contributed by atoms with van der Waals surface area (Å²) in [5, 5.41) is 18.0. The van der Waals surface area contributed by atoms with Crippen molar-refractivity contribution < 1.29 is 19.7 Å². The molecule has 1 rings (SSSR count). The van der Waals surface area contributed by atoms with Crippen LogP contribution in [0.15, 0.2) is 18.2 Å². The standard InChI is InChI=1S/C11H15NO4/c12-8-3-4-9(10(14)7-8)11(15)16-6-2-1-5-13/h3-4,7,13-14H,1-2,5-6,12H2. The Morgan fingerprint density at radius 2 is 2.12 bits per heavy atom. The van der Waals surface area contributed by atoms with Crippen LogP contribution in [0, 0.1) is 0 Å². The van der Waals surface area contributed by atoms with E-state index < -0.39 is 5.97 Å². The molecule has 0 heterocycles. The van der Waals surface area contributed by atoms with Crippen LogP contribution in [-0.2, 0) is 4.74 Å². The molecule has 0 bridgehead atoms. The van der Waals surface area contributed by atoms with Crippen LogP contribution in [0.4, 0.5) is 5.69 Å². The maximum atomic E-state index is 11.5. The molecule has 16 heavy (non-hydrogen) atoms. The number of aromatic hydroxyl groups is 1. The molecule has 0 spiro atoms. The predicted octanol–water partition coefficient (Wildman–Crippen LogP) is 0.904. The van der Waals surface area contributed by atoms with E-state index >= 15 is 0 Å². The minimum atomic E-state index is -0.588. The van der Waals surface area contributed by atoms with Crippen molar-refractivity contribution in [3.05, 3.63) is 23.8 Å². The number of ether oxygens (including phenoxy) is 1. The van der Waals surface area contributed by atoms with Crippen LogP contribution in [0.3, 0.4) is 0 Å². The Hall–Kier alpha value is -1.75. The largest absolute Gasteiger partial charge is 0.507 e. The molecule has 0 amide bonds. The molecule has 0 aliphatic rings. The van der Waals surface area contributed by atoms with Crippen LogP contribution >= 0.6 is 0 Å². The van der Waals surface area contributed by atoms with E-state index in [-0.39, 0.29) is 24.5 Å². The summed E-state index contributed by atoms with van der Waals surface area (Å²) in [4.78, 5) is 11.5. The van der Waals surface area contributed by atoms with Gasteiger partial charge in [0.1, 0.15) is 11.3 Å². The first-order chi connectivity index (χ1) is 7.65. The number of anilines is 1. The Morgan fingerprint density at radius 1 is 1.38 bits per heavy atom. The van der Waals surface area contributed by atoms with Gasteiger partial charge in [0.25, 0.3) is 0 Å². The molecule has 1 aromatic carbocycles. The van der Waals surface area contributed by atoms with Crippen molar-refractivity contribution in [1.29, 1.82) is 0 Å². The number of carbonyl (C=O) groups is 1. The van der Waals surface area contributed by atoms with E-state index in [2.05, 4.69) is 0 Å². The number of rotatable bonds is 5. The van der Waals surface area contributed by atoms with Gasteiger partial charge in [-0.25, -0.2) is 4.79 Å². The highest BCUT2D eigenvalue weighted by Crippen LogP contribution is 2.20. The molecule has 4 N–H and O–H groups in total. The number of benzene rings is 1. The van der Waals surface area contributed by atoms with Gasteiger partial charge in [-0.2, -0.15) is 0 Å².